The van der Waals surface area contributed by atoms with Crippen LogP contribution < -0.4 is 14.8 Å². The number of carbonyl (C=O) groups is 3. The summed E-state index contributed by atoms with van der Waals surface area (Å²) >= 11 is 0. The molecule has 234 valence electrons. The van der Waals surface area contributed by atoms with Crippen molar-refractivity contribution in [3.05, 3.63) is 119 Å². The van der Waals surface area contributed by atoms with Gasteiger partial charge in [-0.15, -0.1) is 0 Å². The first-order valence-corrected chi connectivity index (χ1v) is 14.5. The van der Waals surface area contributed by atoms with Crippen LogP contribution in [0.5, 0.6) is 23.0 Å². The number of para-hydroxylation sites is 2. The van der Waals surface area contributed by atoms with E-state index in [0.29, 0.717) is 18.6 Å². The fourth-order valence-corrected chi connectivity index (χ4v) is 4.49. The number of hydrogen-bond donors (Lipinski definition) is 3. The zero-order chi connectivity index (χ0) is 32.0. The highest BCUT2D eigenvalue weighted by Crippen LogP contribution is 2.34. The van der Waals surface area contributed by atoms with Crippen LogP contribution in [0, 0.1) is 0 Å². The molecule has 4 rings (SSSR count). The number of aromatic hydroxyl groups is 2. The molecule has 0 aliphatic carbocycles. The lowest BCUT2D eigenvalue weighted by Gasteiger charge is -2.24. The molecule has 0 aliphatic rings. The number of carbonyl (C=O) groups excluding carboxylic acids is 3. The zero-order valence-corrected chi connectivity index (χ0v) is 25.0. The third-order valence-electron chi connectivity index (χ3n) is 6.91. The number of benzene rings is 4. The number of nitrogens with one attached hydrogen (secondary N) is 1. The summed E-state index contributed by atoms with van der Waals surface area (Å²) < 4.78 is 17.2. The van der Waals surface area contributed by atoms with Gasteiger partial charge in [0.05, 0.1) is 18.2 Å². The van der Waals surface area contributed by atoms with Crippen molar-refractivity contribution in [2.75, 3.05) is 26.7 Å². The Morgan fingerprint density at radius 2 is 1.36 bits per heavy atom. The van der Waals surface area contributed by atoms with Crippen molar-refractivity contribution < 1.29 is 38.8 Å². The van der Waals surface area contributed by atoms with Gasteiger partial charge >= 0.3 is 5.97 Å². The van der Waals surface area contributed by atoms with Crippen LogP contribution in [-0.2, 0) is 22.7 Å². The number of nitrogens with zero attached hydrogens (tertiary/aromatic N) is 1. The maximum Gasteiger partial charge on any atom is 0.325 e. The van der Waals surface area contributed by atoms with Gasteiger partial charge in [-0.25, -0.2) is 0 Å². The molecular formula is C35H36N2O8. The van der Waals surface area contributed by atoms with Gasteiger partial charge in [-0.05, 0) is 48.2 Å². The largest absolute Gasteiger partial charge is 0.504 e. The highest BCUT2D eigenvalue weighted by atomic mass is 16.5. The fourth-order valence-electron chi connectivity index (χ4n) is 4.49. The van der Waals surface area contributed by atoms with Crippen LogP contribution in [0.2, 0.25) is 0 Å². The molecule has 0 bridgehead atoms. The van der Waals surface area contributed by atoms with Gasteiger partial charge in [-0.3, -0.25) is 14.4 Å². The van der Waals surface area contributed by atoms with Crippen LogP contribution in [0.1, 0.15) is 44.7 Å². The summed E-state index contributed by atoms with van der Waals surface area (Å²) in [6.45, 7) is 0.597. The lowest BCUT2D eigenvalue weighted by atomic mass is 10.1. The third kappa shape index (κ3) is 9.24. The number of amides is 2. The number of hydrogen-bond acceptors (Lipinski definition) is 8. The average molecular weight is 613 g/mol. The Hall–Kier alpha value is -5.51. The van der Waals surface area contributed by atoms with E-state index in [1.54, 1.807) is 18.2 Å². The van der Waals surface area contributed by atoms with Gasteiger partial charge in [0.15, 0.2) is 23.0 Å². The Bertz CT molecular complexity index is 1580. The maximum absolute atomic E-state index is 13.9. The number of rotatable bonds is 15. The average Bonchev–Trinajstić information content (AvgIpc) is 3.07. The SMILES string of the molecule is COC(=O)CN(CCCCNC(=O)c1cccc(O)c1O)C(=O)c1cccc(OCc2ccccc2)c1OCc1ccccc1. The van der Waals surface area contributed by atoms with Crippen molar-refractivity contribution in [2.45, 2.75) is 26.1 Å². The quantitative estimate of drug-likeness (QED) is 0.0961. The van der Waals surface area contributed by atoms with Gasteiger partial charge in [-0.1, -0.05) is 72.8 Å². The molecule has 0 unspecified atom stereocenters. The Morgan fingerprint density at radius 3 is 2.02 bits per heavy atom. The second-order valence-corrected chi connectivity index (χ2v) is 10.1. The summed E-state index contributed by atoms with van der Waals surface area (Å²) in [5.41, 5.74) is 2.03. The van der Waals surface area contributed by atoms with Gasteiger partial charge < -0.3 is 34.6 Å². The molecule has 10 nitrogen and oxygen atoms in total. The number of ether oxygens (including phenoxy) is 3. The molecule has 0 aliphatic heterocycles. The topological polar surface area (TPSA) is 135 Å². The minimum absolute atomic E-state index is 0.0464. The zero-order valence-electron chi connectivity index (χ0n) is 25.0. The monoisotopic (exact) mass is 612 g/mol. The first kappa shape index (κ1) is 32.4. The van der Waals surface area contributed by atoms with Crippen molar-refractivity contribution in [2.24, 2.45) is 0 Å². The first-order valence-electron chi connectivity index (χ1n) is 14.5. The van der Waals surface area contributed by atoms with E-state index in [4.69, 9.17) is 14.2 Å². The summed E-state index contributed by atoms with van der Waals surface area (Å²) in [5, 5.41) is 22.3. The van der Waals surface area contributed by atoms with E-state index in [9.17, 15) is 24.6 Å². The van der Waals surface area contributed by atoms with Crippen LogP contribution in [0.3, 0.4) is 0 Å². The normalized spacial score (nSPS) is 10.5. The molecule has 10 heteroatoms. The summed E-state index contributed by atoms with van der Waals surface area (Å²) in [7, 11) is 1.25. The number of phenolic OH excluding ortho intramolecular Hbond substituents is 2. The molecule has 3 N–H and O–H groups in total. The van der Waals surface area contributed by atoms with Gasteiger partial charge in [0.25, 0.3) is 11.8 Å². The molecule has 2 amide bonds. The van der Waals surface area contributed by atoms with Crippen LogP contribution in [0.4, 0.5) is 0 Å². The summed E-state index contributed by atoms with van der Waals surface area (Å²) in [6.07, 6.45) is 0.910. The molecule has 4 aromatic carbocycles. The Balaban J connectivity index is 1.48. The van der Waals surface area contributed by atoms with E-state index in [1.165, 1.54) is 30.2 Å². The summed E-state index contributed by atoms with van der Waals surface area (Å²) in [6, 6.07) is 28.4. The second kappa shape index (κ2) is 16.4. The molecule has 0 radical (unpaired) electrons. The molecule has 0 spiro atoms. The lowest BCUT2D eigenvalue weighted by molar-refractivity contribution is -0.141. The standard InChI is InChI=1S/C35H36N2O8/c1-43-31(39)22-37(21-9-8-20-36-34(41)27-16-10-18-29(38)32(27)40)35(42)28-17-11-19-30(44-23-25-12-4-2-5-13-25)33(28)45-24-26-14-6-3-7-15-26/h2-7,10-19,38,40H,8-9,20-24H2,1H3,(H,36,41). The van der Waals surface area contributed by atoms with Gasteiger partial charge in [0, 0.05) is 13.1 Å². The van der Waals surface area contributed by atoms with E-state index >= 15 is 0 Å². The van der Waals surface area contributed by atoms with E-state index in [0.717, 1.165) is 11.1 Å². The maximum atomic E-state index is 13.9. The lowest BCUT2D eigenvalue weighted by Crippen LogP contribution is -2.37. The predicted molar refractivity (Wildman–Crippen MR) is 167 cm³/mol. The van der Waals surface area contributed by atoms with E-state index in [1.807, 2.05) is 60.7 Å². The Kier molecular flexibility index (Phi) is 11.8. The molecule has 0 saturated carbocycles. The molecule has 4 aromatic rings. The minimum atomic E-state index is -0.584. The second-order valence-electron chi connectivity index (χ2n) is 10.1. The smallest absolute Gasteiger partial charge is 0.325 e. The summed E-state index contributed by atoms with van der Waals surface area (Å²) in [4.78, 5) is 40.1. The molecule has 0 saturated heterocycles. The third-order valence-corrected chi connectivity index (χ3v) is 6.91. The van der Waals surface area contributed by atoms with E-state index in [-0.39, 0.29) is 55.5 Å². The van der Waals surface area contributed by atoms with Gasteiger partial charge in [0.1, 0.15) is 19.8 Å². The van der Waals surface area contributed by atoms with Gasteiger partial charge in [-0.2, -0.15) is 0 Å². The molecule has 0 fully saturated rings. The summed E-state index contributed by atoms with van der Waals surface area (Å²) in [5.74, 6) is -1.81. The highest BCUT2D eigenvalue weighted by Gasteiger charge is 2.25. The highest BCUT2D eigenvalue weighted by molar-refractivity contribution is 5.99. The first-order chi connectivity index (χ1) is 21.9. The van der Waals surface area contributed by atoms with Gasteiger partial charge in [0.2, 0.25) is 0 Å². The molecule has 0 atom stereocenters. The van der Waals surface area contributed by atoms with E-state index in [2.05, 4.69) is 5.32 Å². The van der Waals surface area contributed by atoms with Crippen LogP contribution in [0.25, 0.3) is 0 Å². The Morgan fingerprint density at radius 1 is 0.733 bits per heavy atom. The number of methoxy groups -OCH3 is 1. The van der Waals surface area contributed by atoms with Crippen molar-refractivity contribution in [3.8, 4) is 23.0 Å². The van der Waals surface area contributed by atoms with Crippen LogP contribution in [-0.4, -0.2) is 59.6 Å². The predicted octanol–water partition coefficient (Wildman–Crippen LogP) is 5.08. The molecule has 0 heterocycles. The van der Waals surface area contributed by atoms with Crippen LogP contribution >= 0.6 is 0 Å². The molecule has 45 heavy (non-hydrogen) atoms. The number of unbranched alkanes of at least 4 members (excludes halogenated alkanes) is 1. The van der Waals surface area contributed by atoms with Crippen LogP contribution in [0.15, 0.2) is 97.1 Å². The number of esters is 1. The van der Waals surface area contributed by atoms with Crippen molar-refractivity contribution in [1.82, 2.24) is 10.2 Å². The van der Waals surface area contributed by atoms with Crippen molar-refractivity contribution >= 4 is 17.8 Å². The van der Waals surface area contributed by atoms with E-state index < -0.39 is 23.5 Å². The van der Waals surface area contributed by atoms with Crippen molar-refractivity contribution in [3.63, 3.8) is 0 Å². The fraction of sp³-hybridized carbons (Fsp3) is 0.229. The molecular weight excluding hydrogens is 576 g/mol. The van der Waals surface area contributed by atoms with Crippen molar-refractivity contribution in [1.29, 1.82) is 0 Å². The number of phenols is 2. The minimum Gasteiger partial charge on any atom is -0.504 e. The molecule has 0 aromatic heterocycles. The Labute approximate surface area is 261 Å².